The predicted molar refractivity (Wildman–Crippen MR) is 80.4 cm³/mol. The van der Waals surface area contributed by atoms with Gasteiger partial charge in [-0.1, -0.05) is 35.9 Å². The quantitative estimate of drug-likeness (QED) is 0.862. The van der Waals surface area contributed by atoms with Crippen molar-refractivity contribution in [3.8, 4) is 5.75 Å². The van der Waals surface area contributed by atoms with Gasteiger partial charge in [0.25, 0.3) is 0 Å². The summed E-state index contributed by atoms with van der Waals surface area (Å²) in [6, 6.07) is 12.4. The zero-order chi connectivity index (χ0) is 15.9. The molecular weight excluding hydrogens is 314 g/mol. The van der Waals surface area contributed by atoms with Crippen molar-refractivity contribution in [2.24, 2.45) is 0 Å². The number of hydrogen-bond donors (Lipinski definition) is 2. The van der Waals surface area contributed by atoms with Gasteiger partial charge in [-0.05, 0) is 29.8 Å². The number of carbonyl (C=O) groups excluding carboxylic acids is 1. The van der Waals surface area contributed by atoms with E-state index in [1.165, 1.54) is 12.1 Å². The van der Waals surface area contributed by atoms with E-state index in [1.807, 2.05) is 0 Å². The fraction of sp³-hybridized carbons (Fsp3) is 0.133. The number of ether oxygens (including phenoxy) is 1. The van der Waals surface area contributed by atoms with E-state index in [-0.39, 0.29) is 12.3 Å². The fourth-order valence-electron chi connectivity index (χ4n) is 1.70. The molecule has 0 bridgehead atoms. The maximum absolute atomic E-state index is 12.0. The molecule has 2 N–H and O–H groups in total. The van der Waals surface area contributed by atoms with Crippen LogP contribution in [0.2, 0.25) is 5.02 Å². The first-order valence-electron chi connectivity index (χ1n) is 6.38. The zero-order valence-corrected chi connectivity index (χ0v) is 12.1. The van der Waals surface area contributed by atoms with Gasteiger partial charge in [-0.15, -0.1) is 0 Å². The van der Waals surface area contributed by atoms with Crippen LogP contribution in [0.3, 0.4) is 0 Å². The fourth-order valence-corrected chi connectivity index (χ4v) is 1.88. The molecule has 0 spiro atoms. The highest BCUT2D eigenvalue weighted by Crippen LogP contribution is 2.20. The molecule has 0 aliphatic heterocycles. The molecule has 7 heteroatoms. The summed E-state index contributed by atoms with van der Waals surface area (Å²) in [5, 5.41) is 5.69. The maximum Gasteiger partial charge on any atom is 0.387 e. The highest BCUT2D eigenvalue weighted by atomic mass is 35.5. The van der Waals surface area contributed by atoms with E-state index in [1.54, 1.807) is 36.4 Å². The van der Waals surface area contributed by atoms with Crippen molar-refractivity contribution in [1.29, 1.82) is 0 Å². The average Bonchev–Trinajstić information content (AvgIpc) is 2.48. The van der Waals surface area contributed by atoms with E-state index in [9.17, 15) is 13.6 Å². The van der Waals surface area contributed by atoms with Crippen LogP contribution >= 0.6 is 11.6 Å². The minimum Gasteiger partial charge on any atom is -0.435 e. The molecule has 0 unspecified atom stereocenters. The van der Waals surface area contributed by atoms with Crippen molar-refractivity contribution < 1.29 is 18.3 Å². The van der Waals surface area contributed by atoms with Crippen LogP contribution in [0.5, 0.6) is 5.75 Å². The van der Waals surface area contributed by atoms with Gasteiger partial charge in [0, 0.05) is 6.54 Å². The summed E-state index contributed by atoms with van der Waals surface area (Å²) in [4.78, 5) is 11.7. The summed E-state index contributed by atoms with van der Waals surface area (Å²) >= 11 is 5.93. The molecule has 0 saturated carbocycles. The first-order chi connectivity index (χ1) is 10.5. The molecule has 4 nitrogen and oxygen atoms in total. The van der Waals surface area contributed by atoms with Crippen molar-refractivity contribution in [3.63, 3.8) is 0 Å². The predicted octanol–water partition coefficient (Wildman–Crippen LogP) is 4.26. The number of alkyl halides is 2. The summed E-state index contributed by atoms with van der Waals surface area (Å²) in [6.45, 7) is -2.61. The lowest BCUT2D eigenvalue weighted by Gasteiger charge is -2.09. The molecule has 2 rings (SSSR count). The summed E-state index contributed by atoms with van der Waals surface area (Å²) in [5.41, 5.74) is 1.25. The summed E-state index contributed by atoms with van der Waals surface area (Å²) < 4.78 is 28.3. The van der Waals surface area contributed by atoms with Crippen LogP contribution in [0, 0.1) is 0 Å². The van der Waals surface area contributed by atoms with Crippen molar-refractivity contribution >= 4 is 23.3 Å². The normalized spacial score (nSPS) is 10.4. The Kier molecular flexibility index (Phi) is 5.55. The molecule has 0 atom stereocenters. The molecule has 0 fully saturated rings. The van der Waals surface area contributed by atoms with E-state index >= 15 is 0 Å². The van der Waals surface area contributed by atoms with E-state index in [0.717, 1.165) is 5.56 Å². The first kappa shape index (κ1) is 16.0. The molecule has 0 aromatic heterocycles. The smallest absolute Gasteiger partial charge is 0.387 e. The number of hydrogen-bond acceptors (Lipinski definition) is 2. The van der Waals surface area contributed by atoms with Crippen LogP contribution in [0.1, 0.15) is 5.56 Å². The number of amides is 2. The molecule has 0 aliphatic carbocycles. The monoisotopic (exact) mass is 326 g/mol. The topological polar surface area (TPSA) is 50.4 Å². The number of benzene rings is 2. The Hall–Kier alpha value is -2.34. The largest absolute Gasteiger partial charge is 0.435 e. The summed E-state index contributed by atoms with van der Waals surface area (Å²) in [6.07, 6.45) is 0. The Morgan fingerprint density at radius 3 is 2.45 bits per heavy atom. The Labute approximate surface area is 131 Å². The van der Waals surface area contributed by atoms with E-state index in [2.05, 4.69) is 15.4 Å². The van der Waals surface area contributed by atoms with Crippen molar-refractivity contribution in [2.75, 3.05) is 5.32 Å². The number of para-hydroxylation sites is 1. The van der Waals surface area contributed by atoms with E-state index in [0.29, 0.717) is 10.7 Å². The van der Waals surface area contributed by atoms with Gasteiger partial charge < -0.3 is 15.4 Å². The van der Waals surface area contributed by atoms with Gasteiger partial charge in [0.15, 0.2) is 0 Å². The van der Waals surface area contributed by atoms with Gasteiger partial charge in [0.2, 0.25) is 0 Å². The highest BCUT2D eigenvalue weighted by molar-refractivity contribution is 6.33. The number of halogens is 3. The van der Waals surface area contributed by atoms with Gasteiger partial charge in [-0.2, -0.15) is 8.78 Å². The second kappa shape index (κ2) is 7.61. The number of rotatable bonds is 5. The van der Waals surface area contributed by atoms with Crippen molar-refractivity contribution in [2.45, 2.75) is 13.2 Å². The van der Waals surface area contributed by atoms with Crippen LogP contribution in [0.4, 0.5) is 19.3 Å². The molecular formula is C15H13ClF2N2O2. The van der Waals surface area contributed by atoms with Crippen molar-refractivity contribution in [3.05, 3.63) is 59.1 Å². The Morgan fingerprint density at radius 1 is 1.14 bits per heavy atom. The standard InChI is InChI=1S/C15H13ClF2N2O2/c16-12-3-1-2-4-13(12)20-15(21)19-9-10-5-7-11(8-6-10)22-14(17)18/h1-8,14H,9H2,(H2,19,20,21). The van der Waals surface area contributed by atoms with Crippen molar-refractivity contribution in [1.82, 2.24) is 5.32 Å². The lowest BCUT2D eigenvalue weighted by molar-refractivity contribution is -0.0498. The minimum atomic E-state index is -2.86. The molecule has 2 aromatic rings. The molecule has 22 heavy (non-hydrogen) atoms. The lowest BCUT2D eigenvalue weighted by atomic mass is 10.2. The molecule has 0 aliphatic rings. The zero-order valence-electron chi connectivity index (χ0n) is 11.4. The second-order valence-corrected chi connectivity index (χ2v) is 4.72. The number of urea groups is 1. The van der Waals surface area contributed by atoms with Gasteiger partial charge in [-0.3, -0.25) is 0 Å². The molecule has 0 heterocycles. The van der Waals surface area contributed by atoms with Gasteiger partial charge >= 0.3 is 12.6 Å². The number of anilines is 1. The minimum absolute atomic E-state index is 0.0688. The van der Waals surface area contributed by atoms with E-state index < -0.39 is 12.6 Å². The highest BCUT2D eigenvalue weighted by Gasteiger charge is 2.06. The molecule has 0 radical (unpaired) electrons. The Balaban J connectivity index is 1.85. The Bertz CT molecular complexity index is 636. The summed E-state index contributed by atoms with van der Waals surface area (Å²) in [5.74, 6) is 0.0688. The third-order valence-electron chi connectivity index (χ3n) is 2.72. The van der Waals surface area contributed by atoms with Gasteiger partial charge in [-0.25, -0.2) is 4.79 Å². The first-order valence-corrected chi connectivity index (χ1v) is 6.75. The number of carbonyl (C=O) groups is 1. The molecule has 0 saturated heterocycles. The molecule has 2 aromatic carbocycles. The number of nitrogens with one attached hydrogen (secondary N) is 2. The average molecular weight is 327 g/mol. The maximum atomic E-state index is 12.0. The third-order valence-corrected chi connectivity index (χ3v) is 3.05. The van der Waals surface area contributed by atoms with Gasteiger partial charge in [0.05, 0.1) is 10.7 Å². The SMILES string of the molecule is O=C(NCc1ccc(OC(F)F)cc1)Nc1ccccc1Cl. The molecule has 116 valence electrons. The lowest BCUT2D eigenvalue weighted by Crippen LogP contribution is -2.28. The Morgan fingerprint density at radius 2 is 1.82 bits per heavy atom. The third kappa shape index (κ3) is 4.89. The van der Waals surface area contributed by atoms with Crippen LogP contribution in [-0.4, -0.2) is 12.6 Å². The molecule has 2 amide bonds. The van der Waals surface area contributed by atoms with E-state index in [4.69, 9.17) is 11.6 Å². The summed E-state index contributed by atoms with van der Waals surface area (Å²) in [7, 11) is 0. The van der Waals surface area contributed by atoms with Gasteiger partial charge in [0.1, 0.15) is 5.75 Å². The second-order valence-electron chi connectivity index (χ2n) is 4.31. The van der Waals surface area contributed by atoms with Crippen LogP contribution in [-0.2, 0) is 6.54 Å². The van der Waals surface area contributed by atoms with Crippen LogP contribution in [0.15, 0.2) is 48.5 Å². The van der Waals surface area contributed by atoms with Crippen LogP contribution < -0.4 is 15.4 Å². The van der Waals surface area contributed by atoms with Crippen LogP contribution in [0.25, 0.3) is 0 Å².